The molecule has 4 heteroatoms. The lowest BCUT2D eigenvalue weighted by molar-refractivity contribution is -0.119. The summed E-state index contributed by atoms with van der Waals surface area (Å²) in [5.74, 6) is -0.867. The molecule has 0 radical (unpaired) electrons. The lowest BCUT2D eigenvalue weighted by Gasteiger charge is -2.15. The van der Waals surface area contributed by atoms with Crippen LogP contribution < -0.4 is 10.5 Å². The van der Waals surface area contributed by atoms with E-state index < -0.39 is 11.7 Å². The highest BCUT2D eigenvalue weighted by Gasteiger charge is 2.21. The molecule has 0 aliphatic rings. The number of carbonyl (C=O) groups excluding carboxylic acids is 1. The highest BCUT2D eigenvalue weighted by atomic mass is 19.1. The first kappa shape index (κ1) is 15.2. The summed E-state index contributed by atoms with van der Waals surface area (Å²) in [4.78, 5) is 12.4. The zero-order valence-electron chi connectivity index (χ0n) is 11.9. The lowest BCUT2D eigenvalue weighted by atomic mass is 9.91. The summed E-state index contributed by atoms with van der Waals surface area (Å²) < 4.78 is 19.0. The Morgan fingerprint density at radius 1 is 1.19 bits per heavy atom. The van der Waals surface area contributed by atoms with Gasteiger partial charge in [-0.1, -0.05) is 42.5 Å². The summed E-state index contributed by atoms with van der Waals surface area (Å²) in [7, 11) is 1.40. The highest BCUT2D eigenvalue weighted by Crippen LogP contribution is 2.23. The normalized spacial score (nSPS) is 12.0. The van der Waals surface area contributed by atoms with Crippen LogP contribution >= 0.6 is 0 Å². The van der Waals surface area contributed by atoms with Crippen molar-refractivity contribution in [3.8, 4) is 5.75 Å². The minimum absolute atomic E-state index is 0.000204. The van der Waals surface area contributed by atoms with Gasteiger partial charge >= 0.3 is 0 Å². The van der Waals surface area contributed by atoms with E-state index in [9.17, 15) is 9.18 Å². The highest BCUT2D eigenvalue weighted by molar-refractivity contribution is 5.88. The number of hydrogen-bond donors (Lipinski definition) is 1. The third-order valence-electron chi connectivity index (χ3n) is 3.45. The third-order valence-corrected chi connectivity index (χ3v) is 3.45. The van der Waals surface area contributed by atoms with Crippen LogP contribution in [0.3, 0.4) is 0 Å². The fourth-order valence-electron chi connectivity index (χ4n) is 2.30. The van der Waals surface area contributed by atoms with Gasteiger partial charge in [-0.3, -0.25) is 4.79 Å². The van der Waals surface area contributed by atoms with Gasteiger partial charge in [-0.2, -0.15) is 0 Å². The summed E-state index contributed by atoms with van der Waals surface area (Å²) in [5, 5.41) is 0. The molecule has 2 aromatic rings. The molecule has 0 bridgehead atoms. The van der Waals surface area contributed by atoms with E-state index in [4.69, 9.17) is 10.5 Å². The second kappa shape index (κ2) is 6.99. The summed E-state index contributed by atoms with van der Waals surface area (Å²) >= 11 is 0. The molecule has 0 saturated heterocycles. The Morgan fingerprint density at radius 3 is 2.52 bits per heavy atom. The molecule has 3 nitrogen and oxygen atoms in total. The Balaban J connectivity index is 2.21. The zero-order valence-corrected chi connectivity index (χ0v) is 11.9. The summed E-state index contributed by atoms with van der Waals surface area (Å²) in [6.45, 7) is 0.203. The Morgan fingerprint density at radius 2 is 1.90 bits per heavy atom. The Kier molecular flexibility index (Phi) is 5.06. The van der Waals surface area contributed by atoms with Crippen LogP contribution in [0.25, 0.3) is 0 Å². The molecule has 2 N–H and O–H groups in total. The van der Waals surface area contributed by atoms with Gasteiger partial charge in [0.15, 0.2) is 11.6 Å². The smallest absolute Gasteiger partial charge is 0.168 e. The van der Waals surface area contributed by atoms with E-state index in [2.05, 4.69) is 0 Å². The van der Waals surface area contributed by atoms with Crippen LogP contribution in [0.4, 0.5) is 4.39 Å². The van der Waals surface area contributed by atoms with Crippen LogP contribution in [0, 0.1) is 5.82 Å². The lowest BCUT2D eigenvalue weighted by Crippen LogP contribution is -2.23. The van der Waals surface area contributed by atoms with Gasteiger partial charge in [-0.25, -0.2) is 4.39 Å². The maximum Gasteiger partial charge on any atom is 0.168 e. The monoisotopic (exact) mass is 287 g/mol. The molecule has 1 unspecified atom stereocenters. The predicted octanol–water partition coefficient (Wildman–Crippen LogP) is 2.69. The van der Waals surface area contributed by atoms with Crippen LogP contribution in [0.15, 0.2) is 48.5 Å². The number of ether oxygens (including phenoxy) is 1. The molecular weight excluding hydrogens is 269 g/mol. The van der Waals surface area contributed by atoms with E-state index in [1.165, 1.54) is 13.2 Å². The second-order valence-corrected chi connectivity index (χ2v) is 4.78. The van der Waals surface area contributed by atoms with E-state index in [-0.39, 0.29) is 24.5 Å². The molecule has 2 aromatic carbocycles. The average molecular weight is 287 g/mol. The van der Waals surface area contributed by atoms with Gasteiger partial charge in [0, 0.05) is 13.0 Å². The molecule has 0 fully saturated rings. The number of benzene rings is 2. The van der Waals surface area contributed by atoms with E-state index in [1.807, 2.05) is 30.3 Å². The van der Waals surface area contributed by atoms with Crippen LogP contribution in [0.2, 0.25) is 0 Å². The number of rotatable bonds is 6. The van der Waals surface area contributed by atoms with Gasteiger partial charge in [-0.05, 0) is 17.2 Å². The topological polar surface area (TPSA) is 52.3 Å². The number of carbonyl (C=O) groups is 1. The molecule has 110 valence electrons. The van der Waals surface area contributed by atoms with Gasteiger partial charge in [0.1, 0.15) is 5.78 Å². The standard InChI is InChI=1S/C17H18FNO2/c1-21-16-9-5-8-13(17(16)18)10-15(20)14(11-19)12-6-3-2-4-7-12/h2-9,14H,10-11,19H2,1H3. The van der Waals surface area contributed by atoms with E-state index in [0.29, 0.717) is 5.56 Å². The molecule has 0 spiro atoms. The molecule has 2 rings (SSSR count). The quantitative estimate of drug-likeness (QED) is 0.888. The Labute approximate surface area is 123 Å². The Hall–Kier alpha value is -2.20. The second-order valence-electron chi connectivity index (χ2n) is 4.78. The third kappa shape index (κ3) is 3.47. The SMILES string of the molecule is COc1cccc(CC(=O)C(CN)c2ccccc2)c1F. The van der Waals surface area contributed by atoms with E-state index in [0.717, 1.165) is 5.56 Å². The first-order chi connectivity index (χ1) is 10.2. The summed E-state index contributed by atoms with van der Waals surface area (Å²) in [6, 6.07) is 14.1. The average Bonchev–Trinajstić information content (AvgIpc) is 2.51. The fraction of sp³-hybridized carbons (Fsp3) is 0.235. The number of halogens is 1. The first-order valence-corrected chi connectivity index (χ1v) is 6.76. The number of methoxy groups -OCH3 is 1. The van der Waals surface area contributed by atoms with Crippen molar-refractivity contribution in [3.05, 3.63) is 65.5 Å². The largest absolute Gasteiger partial charge is 0.494 e. The van der Waals surface area contributed by atoms with Crippen molar-refractivity contribution >= 4 is 5.78 Å². The maximum absolute atomic E-state index is 14.1. The Bertz CT molecular complexity index is 613. The van der Waals surface area contributed by atoms with Crippen molar-refractivity contribution in [2.45, 2.75) is 12.3 Å². The van der Waals surface area contributed by atoms with Gasteiger partial charge in [-0.15, -0.1) is 0 Å². The summed E-state index contributed by atoms with van der Waals surface area (Å²) in [5.41, 5.74) is 6.90. The molecule has 0 aliphatic carbocycles. The number of hydrogen-bond acceptors (Lipinski definition) is 3. The molecular formula is C17H18FNO2. The van der Waals surface area contributed by atoms with Crippen molar-refractivity contribution in [1.82, 2.24) is 0 Å². The minimum atomic E-state index is -0.489. The van der Waals surface area contributed by atoms with Crippen LogP contribution in [0.1, 0.15) is 17.0 Å². The van der Waals surface area contributed by atoms with Crippen LogP contribution in [-0.2, 0) is 11.2 Å². The van der Waals surface area contributed by atoms with Crippen molar-refractivity contribution in [1.29, 1.82) is 0 Å². The van der Waals surface area contributed by atoms with Crippen molar-refractivity contribution in [3.63, 3.8) is 0 Å². The molecule has 0 aromatic heterocycles. The molecule has 21 heavy (non-hydrogen) atoms. The van der Waals surface area contributed by atoms with Crippen LogP contribution in [0.5, 0.6) is 5.75 Å². The molecule has 0 amide bonds. The molecule has 0 saturated carbocycles. The van der Waals surface area contributed by atoms with Gasteiger partial charge in [0.25, 0.3) is 0 Å². The first-order valence-electron chi connectivity index (χ1n) is 6.76. The number of nitrogens with two attached hydrogens (primary N) is 1. The predicted molar refractivity (Wildman–Crippen MR) is 79.9 cm³/mol. The van der Waals surface area contributed by atoms with E-state index in [1.54, 1.807) is 12.1 Å². The molecule has 0 aliphatic heterocycles. The van der Waals surface area contributed by atoms with Crippen molar-refractivity contribution in [2.24, 2.45) is 5.73 Å². The minimum Gasteiger partial charge on any atom is -0.494 e. The number of ketones is 1. The van der Waals surface area contributed by atoms with Crippen molar-refractivity contribution in [2.75, 3.05) is 13.7 Å². The molecule has 1 atom stereocenters. The maximum atomic E-state index is 14.1. The van der Waals surface area contributed by atoms with Crippen molar-refractivity contribution < 1.29 is 13.9 Å². The van der Waals surface area contributed by atoms with Crippen LogP contribution in [-0.4, -0.2) is 19.4 Å². The van der Waals surface area contributed by atoms with Gasteiger partial charge in [0.2, 0.25) is 0 Å². The number of Topliss-reactive ketones (excluding diaryl/α,β-unsaturated/α-hetero) is 1. The zero-order chi connectivity index (χ0) is 15.2. The molecule has 0 heterocycles. The fourth-order valence-corrected chi connectivity index (χ4v) is 2.30. The van der Waals surface area contributed by atoms with Gasteiger partial charge in [0.05, 0.1) is 13.0 Å². The van der Waals surface area contributed by atoms with Gasteiger partial charge < -0.3 is 10.5 Å². The van der Waals surface area contributed by atoms with E-state index >= 15 is 0 Å². The summed E-state index contributed by atoms with van der Waals surface area (Å²) in [6.07, 6.45) is -0.000204.